The van der Waals surface area contributed by atoms with E-state index in [9.17, 15) is 0 Å². The van der Waals surface area contributed by atoms with E-state index in [2.05, 4.69) is 55.5 Å². The lowest BCUT2D eigenvalue weighted by molar-refractivity contribution is 0.681. The molecule has 18 heavy (non-hydrogen) atoms. The predicted molar refractivity (Wildman–Crippen MR) is 74.4 cm³/mol. The van der Waals surface area contributed by atoms with E-state index >= 15 is 0 Å². The molecule has 0 amide bonds. The molecule has 0 aliphatic carbocycles. The van der Waals surface area contributed by atoms with Gasteiger partial charge in [-0.3, -0.25) is 4.68 Å². The molecule has 3 nitrogen and oxygen atoms in total. The van der Waals surface area contributed by atoms with Crippen molar-refractivity contribution in [2.45, 2.75) is 33.9 Å². The Bertz CT molecular complexity index is 541. The van der Waals surface area contributed by atoms with E-state index < -0.39 is 0 Å². The van der Waals surface area contributed by atoms with Gasteiger partial charge in [-0.15, -0.1) is 0 Å². The van der Waals surface area contributed by atoms with Gasteiger partial charge >= 0.3 is 0 Å². The highest BCUT2D eigenvalue weighted by molar-refractivity contribution is 5.26. The van der Waals surface area contributed by atoms with Crippen LogP contribution < -0.4 is 5.32 Å². The van der Waals surface area contributed by atoms with Crippen LogP contribution in [0.15, 0.2) is 24.3 Å². The SMILES string of the molecule is Cc1ccccc1CNCc1c(C)nn(C)c1C. The molecule has 0 unspecified atom stereocenters. The van der Waals surface area contributed by atoms with E-state index in [4.69, 9.17) is 0 Å². The standard InChI is InChI=1S/C15H21N3/c1-11-7-5-6-8-14(11)9-16-10-15-12(2)17-18(4)13(15)3/h5-8,16H,9-10H2,1-4H3. The fourth-order valence-corrected chi connectivity index (χ4v) is 2.20. The smallest absolute Gasteiger partial charge is 0.0641 e. The van der Waals surface area contributed by atoms with Crippen LogP contribution in [0.3, 0.4) is 0 Å². The highest BCUT2D eigenvalue weighted by atomic mass is 15.3. The average molecular weight is 243 g/mol. The second kappa shape index (κ2) is 5.36. The molecule has 0 fully saturated rings. The van der Waals surface area contributed by atoms with Crippen molar-refractivity contribution in [1.29, 1.82) is 0 Å². The molecule has 0 atom stereocenters. The van der Waals surface area contributed by atoms with Crippen LogP contribution in [-0.2, 0) is 20.1 Å². The first-order valence-electron chi connectivity index (χ1n) is 6.34. The van der Waals surface area contributed by atoms with E-state index in [1.165, 1.54) is 22.4 Å². The fourth-order valence-electron chi connectivity index (χ4n) is 2.20. The van der Waals surface area contributed by atoms with E-state index in [1.807, 2.05) is 11.7 Å². The Labute approximate surface area is 109 Å². The minimum Gasteiger partial charge on any atom is -0.308 e. The highest BCUT2D eigenvalue weighted by Gasteiger charge is 2.08. The number of nitrogens with zero attached hydrogens (tertiary/aromatic N) is 2. The fraction of sp³-hybridized carbons (Fsp3) is 0.400. The Morgan fingerprint density at radius 1 is 1.11 bits per heavy atom. The van der Waals surface area contributed by atoms with Gasteiger partial charge in [-0.2, -0.15) is 5.10 Å². The maximum Gasteiger partial charge on any atom is 0.0641 e. The van der Waals surface area contributed by atoms with Gasteiger partial charge in [0.25, 0.3) is 0 Å². The lowest BCUT2D eigenvalue weighted by Gasteiger charge is -2.08. The summed E-state index contributed by atoms with van der Waals surface area (Å²) in [6, 6.07) is 8.49. The Morgan fingerprint density at radius 3 is 2.44 bits per heavy atom. The molecular formula is C15H21N3. The molecular weight excluding hydrogens is 222 g/mol. The van der Waals surface area contributed by atoms with Crippen LogP contribution in [0.2, 0.25) is 0 Å². The summed E-state index contributed by atoms with van der Waals surface area (Å²) in [6.07, 6.45) is 0. The molecule has 1 aromatic heterocycles. The van der Waals surface area contributed by atoms with Gasteiger partial charge in [-0.25, -0.2) is 0 Å². The zero-order valence-electron chi connectivity index (χ0n) is 11.6. The normalized spacial score (nSPS) is 10.9. The highest BCUT2D eigenvalue weighted by Crippen LogP contribution is 2.12. The Hall–Kier alpha value is -1.61. The first-order valence-corrected chi connectivity index (χ1v) is 6.34. The minimum atomic E-state index is 0.875. The second-order valence-electron chi connectivity index (χ2n) is 4.80. The van der Waals surface area contributed by atoms with Crippen molar-refractivity contribution in [3.05, 3.63) is 52.3 Å². The number of hydrogen-bond acceptors (Lipinski definition) is 2. The summed E-state index contributed by atoms with van der Waals surface area (Å²) in [5.41, 5.74) is 6.37. The van der Waals surface area contributed by atoms with E-state index in [1.54, 1.807) is 0 Å². The summed E-state index contributed by atoms with van der Waals surface area (Å²) in [5, 5.41) is 7.93. The lowest BCUT2D eigenvalue weighted by atomic mass is 10.1. The number of hydrogen-bond donors (Lipinski definition) is 1. The molecule has 0 spiro atoms. The molecule has 2 aromatic rings. The van der Waals surface area contributed by atoms with Crippen molar-refractivity contribution >= 4 is 0 Å². The van der Waals surface area contributed by atoms with Gasteiger partial charge in [-0.1, -0.05) is 24.3 Å². The molecule has 1 heterocycles. The molecule has 0 aliphatic rings. The summed E-state index contributed by atoms with van der Waals surface area (Å²) in [4.78, 5) is 0. The first kappa shape index (κ1) is 12.8. The van der Waals surface area contributed by atoms with Crippen molar-refractivity contribution in [2.24, 2.45) is 7.05 Å². The largest absolute Gasteiger partial charge is 0.308 e. The Balaban J connectivity index is 1.99. The number of rotatable bonds is 4. The third-order valence-corrected chi connectivity index (χ3v) is 3.54. The van der Waals surface area contributed by atoms with Crippen molar-refractivity contribution in [3.63, 3.8) is 0 Å². The molecule has 3 heteroatoms. The Kier molecular flexibility index (Phi) is 3.82. The monoisotopic (exact) mass is 243 g/mol. The van der Waals surface area contributed by atoms with Crippen LogP contribution in [0.25, 0.3) is 0 Å². The lowest BCUT2D eigenvalue weighted by Crippen LogP contribution is -2.14. The topological polar surface area (TPSA) is 29.9 Å². The number of aromatic nitrogens is 2. The summed E-state index contributed by atoms with van der Waals surface area (Å²) >= 11 is 0. The maximum absolute atomic E-state index is 4.43. The van der Waals surface area contributed by atoms with Gasteiger partial charge in [0, 0.05) is 31.4 Å². The van der Waals surface area contributed by atoms with E-state index in [0.29, 0.717) is 0 Å². The van der Waals surface area contributed by atoms with Crippen LogP contribution >= 0.6 is 0 Å². The molecule has 0 radical (unpaired) electrons. The molecule has 1 N–H and O–H groups in total. The summed E-state index contributed by atoms with van der Waals surface area (Å²) in [7, 11) is 1.99. The third kappa shape index (κ3) is 2.62. The van der Waals surface area contributed by atoms with Gasteiger partial charge in [0.1, 0.15) is 0 Å². The number of nitrogens with one attached hydrogen (secondary N) is 1. The predicted octanol–water partition coefficient (Wildman–Crippen LogP) is 2.64. The summed E-state index contributed by atoms with van der Waals surface area (Å²) in [6.45, 7) is 8.11. The van der Waals surface area contributed by atoms with Crippen LogP contribution in [0, 0.1) is 20.8 Å². The molecule has 96 valence electrons. The first-order chi connectivity index (χ1) is 8.59. The van der Waals surface area contributed by atoms with Gasteiger partial charge in [0.15, 0.2) is 0 Å². The van der Waals surface area contributed by atoms with Crippen molar-refractivity contribution < 1.29 is 0 Å². The van der Waals surface area contributed by atoms with Crippen LogP contribution in [-0.4, -0.2) is 9.78 Å². The zero-order valence-corrected chi connectivity index (χ0v) is 11.6. The molecule has 0 saturated heterocycles. The van der Waals surface area contributed by atoms with Gasteiger partial charge < -0.3 is 5.32 Å². The zero-order chi connectivity index (χ0) is 13.1. The van der Waals surface area contributed by atoms with Crippen LogP contribution in [0.5, 0.6) is 0 Å². The quantitative estimate of drug-likeness (QED) is 0.894. The van der Waals surface area contributed by atoms with Crippen LogP contribution in [0.4, 0.5) is 0 Å². The van der Waals surface area contributed by atoms with Crippen molar-refractivity contribution in [2.75, 3.05) is 0 Å². The summed E-state index contributed by atoms with van der Waals surface area (Å²) < 4.78 is 1.94. The van der Waals surface area contributed by atoms with E-state index in [-0.39, 0.29) is 0 Å². The number of aryl methyl sites for hydroxylation is 3. The second-order valence-corrected chi connectivity index (χ2v) is 4.80. The number of benzene rings is 1. The summed E-state index contributed by atoms with van der Waals surface area (Å²) in [5.74, 6) is 0. The van der Waals surface area contributed by atoms with Crippen molar-refractivity contribution in [1.82, 2.24) is 15.1 Å². The van der Waals surface area contributed by atoms with Crippen molar-refractivity contribution in [3.8, 4) is 0 Å². The van der Waals surface area contributed by atoms with Gasteiger partial charge in [0.2, 0.25) is 0 Å². The minimum absolute atomic E-state index is 0.875. The van der Waals surface area contributed by atoms with E-state index in [0.717, 1.165) is 18.8 Å². The van der Waals surface area contributed by atoms with Gasteiger partial charge in [0.05, 0.1) is 5.69 Å². The molecule has 0 aliphatic heterocycles. The molecule has 0 bridgehead atoms. The third-order valence-electron chi connectivity index (χ3n) is 3.54. The van der Waals surface area contributed by atoms with Gasteiger partial charge in [-0.05, 0) is 31.9 Å². The average Bonchev–Trinajstić information content (AvgIpc) is 2.58. The maximum atomic E-state index is 4.43. The van der Waals surface area contributed by atoms with Crippen LogP contribution in [0.1, 0.15) is 28.1 Å². The molecule has 0 saturated carbocycles. The Morgan fingerprint density at radius 2 is 1.83 bits per heavy atom. The molecule has 2 rings (SSSR count). The molecule has 1 aromatic carbocycles.